The third kappa shape index (κ3) is 1.34. The van der Waals surface area contributed by atoms with Gasteiger partial charge in [-0.25, -0.2) is 0 Å². The minimum Gasteiger partial charge on any atom is -0.355 e. The van der Waals surface area contributed by atoms with E-state index in [9.17, 15) is 9.59 Å². The number of carbonyl (C=O) groups excluding carboxylic acids is 2. The SMILES string of the molecule is CCC(C)(C#N)N1C(=O)C2CCC(O2)C1=O. The molecule has 0 spiro atoms. The number of fused-ring (bicyclic) bond motifs is 2. The molecule has 5 heteroatoms. The van der Waals surface area contributed by atoms with Crippen LogP contribution in [0.4, 0.5) is 0 Å². The fraction of sp³-hybridized carbons (Fsp3) is 0.727. The van der Waals surface area contributed by atoms with E-state index in [2.05, 4.69) is 6.07 Å². The molecule has 0 N–H and O–H groups in total. The van der Waals surface area contributed by atoms with Gasteiger partial charge in [-0.1, -0.05) is 6.92 Å². The van der Waals surface area contributed by atoms with Crippen molar-refractivity contribution in [3.63, 3.8) is 0 Å². The van der Waals surface area contributed by atoms with Crippen molar-refractivity contribution in [3.8, 4) is 6.07 Å². The van der Waals surface area contributed by atoms with Gasteiger partial charge in [-0.05, 0) is 26.2 Å². The first-order valence-electron chi connectivity index (χ1n) is 5.48. The molecule has 2 aliphatic rings. The van der Waals surface area contributed by atoms with Crippen LogP contribution in [0.15, 0.2) is 0 Å². The number of ether oxygens (including phenoxy) is 1. The number of hydrogen-bond acceptors (Lipinski definition) is 4. The molecule has 16 heavy (non-hydrogen) atoms. The van der Waals surface area contributed by atoms with Crippen molar-refractivity contribution in [3.05, 3.63) is 0 Å². The predicted octanol–water partition coefficient (Wildman–Crippen LogP) is 0.595. The van der Waals surface area contributed by atoms with E-state index in [-0.39, 0.29) is 11.8 Å². The quantitative estimate of drug-likeness (QED) is 0.641. The van der Waals surface area contributed by atoms with E-state index >= 15 is 0 Å². The molecule has 0 aromatic rings. The van der Waals surface area contributed by atoms with Gasteiger partial charge in [0, 0.05) is 0 Å². The zero-order valence-corrected chi connectivity index (χ0v) is 9.40. The molecule has 2 saturated heterocycles. The Hall–Kier alpha value is -1.41. The van der Waals surface area contributed by atoms with Crippen LogP contribution < -0.4 is 0 Å². The molecule has 0 aromatic carbocycles. The van der Waals surface area contributed by atoms with Gasteiger partial charge in [0.05, 0.1) is 6.07 Å². The zero-order chi connectivity index (χ0) is 11.9. The summed E-state index contributed by atoms with van der Waals surface area (Å²) < 4.78 is 5.29. The Morgan fingerprint density at radius 3 is 2.31 bits per heavy atom. The van der Waals surface area contributed by atoms with Crippen LogP contribution in [0.5, 0.6) is 0 Å². The zero-order valence-electron chi connectivity index (χ0n) is 9.40. The van der Waals surface area contributed by atoms with Crippen LogP contribution in [0.25, 0.3) is 0 Å². The van der Waals surface area contributed by atoms with Gasteiger partial charge in [0.2, 0.25) is 0 Å². The van der Waals surface area contributed by atoms with E-state index in [0.29, 0.717) is 19.3 Å². The van der Waals surface area contributed by atoms with Crippen molar-refractivity contribution < 1.29 is 14.3 Å². The molecule has 2 fully saturated rings. The highest BCUT2D eigenvalue weighted by atomic mass is 16.5. The fourth-order valence-electron chi connectivity index (χ4n) is 2.17. The van der Waals surface area contributed by atoms with Crippen LogP contribution in [0.3, 0.4) is 0 Å². The lowest BCUT2D eigenvalue weighted by molar-refractivity contribution is -0.173. The molecular weight excluding hydrogens is 208 g/mol. The Morgan fingerprint density at radius 1 is 1.44 bits per heavy atom. The second-order valence-corrected chi connectivity index (χ2v) is 4.44. The monoisotopic (exact) mass is 222 g/mol. The molecule has 0 aliphatic carbocycles. The normalized spacial score (nSPS) is 32.4. The lowest BCUT2D eigenvalue weighted by Crippen LogP contribution is -2.60. The van der Waals surface area contributed by atoms with Crippen LogP contribution in [-0.2, 0) is 14.3 Å². The van der Waals surface area contributed by atoms with Crippen LogP contribution in [-0.4, -0.2) is 34.5 Å². The molecule has 3 unspecified atom stereocenters. The van der Waals surface area contributed by atoms with Crippen molar-refractivity contribution in [2.75, 3.05) is 0 Å². The highest BCUT2D eigenvalue weighted by Gasteiger charge is 2.52. The van der Waals surface area contributed by atoms with Crippen LogP contribution in [0.2, 0.25) is 0 Å². The number of amides is 2. The Kier molecular flexibility index (Phi) is 2.47. The Labute approximate surface area is 94.0 Å². The Morgan fingerprint density at radius 2 is 1.94 bits per heavy atom. The number of carbonyl (C=O) groups is 2. The molecule has 2 amide bonds. The fourth-order valence-corrected chi connectivity index (χ4v) is 2.17. The number of nitrogens with zero attached hydrogens (tertiary/aromatic N) is 2. The first kappa shape index (κ1) is 11.1. The predicted molar refractivity (Wildman–Crippen MR) is 54.1 cm³/mol. The van der Waals surface area contributed by atoms with E-state index in [0.717, 1.165) is 4.90 Å². The number of morpholine rings is 1. The number of rotatable bonds is 2. The molecule has 5 nitrogen and oxygen atoms in total. The van der Waals surface area contributed by atoms with Crippen LogP contribution >= 0.6 is 0 Å². The van der Waals surface area contributed by atoms with Crippen molar-refractivity contribution in [2.24, 2.45) is 0 Å². The Balaban J connectivity index is 2.37. The maximum atomic E-state index is 12.0. The van der Waals surface area contributed by atoms with Gasteiger partial charge >= 0.3 is 0 Å². The Bertz CT molecular complexity index is 365. The molecule has 2 rings (SSSR count). The van der Waals surface area contributed by atoms with Gasteiger partial charge in [-0.3, -0.25) is 14.5 Å². The van der Waals surface area contributed by atoms with Crippen molar-refractivity contribution in [1.29, 1.82) is 5.26 Å². The number of hydrogen-bond donors (Lipinski definition) is 0. The van der Waals surface area contributed by atoms with Gasteiger partial charge < -0.3 is 4.74 Å². The van der Waals surface area contributed by atoms with E-state index < -0.39 is 17.7 Å². The second kappa shape index (κ2) is 3.56. The van der Waals surface area contributed by atoms with Crippen molar-refractivity contribution in [2.45, 2.75) is 50.9 Å². The average molecular weight is 222 g/mol. The standard InChI is InChI=1S/C11H14N2O3/c1-3-11(2,6-12)13-9(14)7-4-5-8(16-7)10(13)15/h7-8H,3-5H2,1-2H3. The lowest BCUT2D eigenvalue weighted by Gasteiger charge is -2.38. The minimum absolute atomic E-state index is 0.357. The summed E-state index contributed by atoms with van der Waals surface area (Å²) in [6.07, 6.45) is 0.540. The summed E-state index contributed by atoms with van der Waals surface area (Å²) in [6, 6.07) is 2.06. The third-order valence-electron chi connectivity index (χ3n) is 3.43. The second-order valence-electron chi connectivity index (χ2n) is 4.44. The molecule has 2 heterocycles. The van der Waals surface area contributed by atoms with E-state index in [1.165, 1.54) is 0 Å². The number of likely N-dealkylation sites (tertiary alicyclic amines) is 1. The minimum atomic E-state index is -1.04. The third-order valence-corrected chi connectivity index (χ3v) is 3.43. The largest absolute Gasteiger partial charge is 0.355 e. The highest BCUT2D eigenvalue weighted by molar-refractivity contribution is 6.03. The molecular formula is C11H14N2O3. The number of imide groups is 1. The first-order chi connectivity index (χ1) is 7.53. The highest BCUT2D eigenvalue weighted by Crippen LogP contribution is 2.33. The summed E-state index contributed by atoms with van der Waals surface area (Å²) in [6.45, 7) is 3.41. The summed E-state index contributed by atoms with van der Waals surface area (Å²) in [5.41, 5.74) is -1.04. The molecule has 86 valence electrons. The first-order valence-corrected chi connectivity index (χ1v) is 5.48. The smallest absolute Gasteiger partial charge is 0.259 e. The molecule has 0 aromatic heterocycles. The van der Waals surface area contributed by atoms with Crippen LogP contribution in [0, 0.1) is 11.3 Å². The molecule has 2 aliphatic heterocycles. The van der Waals surface area contributed by atoms with Gasteiger partial charge in [0.1, 0.15) is 17.7 Å². The van der Waals surface area contributed by atoms with Crippen molar-refractivity contribution in [1.82, 2.24) is 4.90 Å². The molecule has 2 bridgehead atoms. The average Bonchev–Trinajstić information content (AvgIpc) is 2.73. The number of nitriles is 1. The van der Waals surface area contributed by atoms with Gasteiger partial charge in [0.15, 0.2) is 0 Å². The maximum Gasteiger partial charge on any atom is 0.259 e. The van der Waals surface area contributed by atoms with Crippen molar-refractivity contribution >= 4 is 11.8 Å². The summed E-state index contributed by atoms with van der Waals surface area (Å²) in [5, 5.41) is 9.13. The maximum absolute atomic E-state index is 12.0. The van der Waals surface area contributed by atoms with Gasteiger partial charge in [-0.2, -0.15) is 5.26 Å². The van der Waals surface area contributed by atoms with E-state index in [1.54, 1.807) is 13.8 Å². The topological polar surface area (TPSA) is 70.4 Å². The lowest BCUT2D eigenvalue weighted by atomic mass is 9.96. The van der Waals surface area contributed by atoms with Gasteiger partial charge in [0.25, 0.3) is 11.8 Å². The van der Waals surface area contributed by atoms with E-state index in [1.807, 2.05) is 0 Å². The summed E-state index contributed by atoms with van der Waals surface area (Å²) >= 11 is 0. The molecule has 0 radical (unpaired) electrons. The molecule has 0 saturated carbocycles. The van der Waals surface area contributed by atoms with Gasteiger partial charge in [-0.15, -0.1) is 0 Å². The van der Waals surface area contributed by atoms with E-state index in [4.69, 9.17) is 10.00 Å². The summed E-state index contributed by atoms with van der Waals surface area (Å²) in [4.78, 5) is 25.1. The summed E-state index contributed by atoms with van der Waals surface area (Å²) in [5.74, 6) is -0.714. The summed E-state index contributed by atoms with van der Waals surface area (Å²) in [7, 11) is 0. The van der Waals surface area contributed by atoms with Crippen LogP contribution in [0.1, 0.15) is 33.1 Å². The molecule has 3 atom stereocenters.